The molecule has 2 heterocycles. The molecule has 0 aliphatic carbocycles. The van der Waals surface area contributed by atoms with E-state index in [1.165, 1.54) is 130 Å². The second kappa shape index (κ2) is 20.1. The van der Waals surface area contributed by atoms with Crippen molar-refractivity contribution >= 4 is 43.6 Å². The summed E-state index contributed by atoms with van der Waals surface area (Å²) in [4.78, 5) is 0. The number of fused-ring (bicyclic) bond motifs is 6. The van der Waals surface area contributed by atoms with Crippen molar-refractivity contribution in [1.82, 2.24) is 9.13 Å². The van der Waals surface area contributed by atoms with Gasteiger partial charge < -0.3 is 9.13 Å². The van der Waals surface area contributed by atoms with E-state index < -0.39 is 81.8 Å². The minimum Gasteiger partial charge on any atom is -0.309 e. The average molecular weight is 1200 g/mol. The molecule has 0 unspecified atom stereocenters. The molecule has 2 aromatic heterocycles. The molecule has 0 saturated heterocycles. The predicted octanol–water partition coefficient (Wildman–Crippen LogP) is 22.3. The summed E-state index contributed by atoms with van der Waals surface area (Å²) in [7, 11) is 0. The Morgan fingerprint density at radius 2 is 0.372 bits per heavy atom. The number of benzene rings is 10. The van der Waals surface area contributed by atoms with Crippen molar-refractivity contribution < 1.29 is 79.0 Å². The third-order valence-corrected chi connectivity index (χ3v) is 15.1. The van der Waals surface area contributed by atoms with Gasteiger partial charge in [-0.3, -0.25) is 0 Å². The summed E-state index contributed by atoms with van der Waals surface area (Å²) in [5.74, 6) is 0. The summed E-state index contributed by atoms with van der Waals surface area (Å²) in [6, 6.07) is 40.2. The molecule has 0 radical (unpaired) electrons. The van der Waals surface area contributed by atoms with Crippen LogP contribution < -0.4 is 0 Å². The van der Waals surface area contributed by atoms with E-state index in [1.807, 2.05) is 0 Å². The Bertz CT molecular complexity index is 4080. The van der Waals surface area contributed by atoms with Crippen molar-refractivity contribution in [2.75, 3.05) is 0 Å². The molecule has 12 rings (SSSR count). The molecule has 0 spiro atoms. The SMILES string of the molecule is FC(F)(F)c1ccc(-c2ccc3c(c2)c2cc(-c4ccc(C(F)(F)F)cc4)ccc2n3-c2cc(-c3ccc(C(F)(F)F)c(-n4c5ccc(-c6ccc(C(F)(F)F)cc6)cc5c5cc(-c6ccc(C(F)(F)F)cc6)ccc54)c3)ccc2C(F)(F)F)cc1. The zero-order valence-corrected chi connectivity index (χ0v) is 43.3. The highest BCUT2D eigenvalue weighted by Gasteiger charge is 2.38. The Hall–Kier alpha value is -9.46. The minimum atomic E-state index is -5.09. The van der Waals surface area contributed by atoms with Crippen molar-refractivity contribution in [1.29, 1.82) is 0 Å². The van der Waals surface area contributed by atoms with Crippen LogP contribution in [0, 0.1) is 0 Å². The van der Waals surface area contributed by atoms with E-state index >= 15 is 26.3 Å². The fourth-order valence-electron chi connectivity index (χ4n) is 11.0. The summed E-state index contributed by atoms with van der Waals surface area (Å²) >= 11 is 0. The fourth-order valence-corrected chi connectivity index (χ4v) is 11.0. The minimum absolute atomic E-state index is 0.0318. The van der Waals surface area contributed by atoms with Crippen molar-refractivity contribution in [2.24, 2.45) is 0 Å². The Morgan fingerprint density at radius 1 is 0.186 bits per heavy atom. The highest BCUT2D eigenvalue weighted by molar-refractivity contribution is 6.13. The zero-order chi connectivity index (χ0) is 61.2. The van der Waals surface area contributed by atoms with Crippen molar-refractivity contribution in [3.63, 3.8) is 0 Å². The second-order valence-electron chi connectivity index (χ2n) is 20.4. The third kappa shape index (κ3) is 10.4. The Balaban J connectivity index is 1.06. The van der Waals surface area contributed by atoms with Crippen LogP contribution in [-0.4, -0.2) is 9.13 Å². The van der Waals surface area contributed by atoms with Crippen LogP contribution >= 0.6 is 0 Å². The molecular weight excluding hydrogens is 1160 g/mol. The molecule has 0 N–H and O–H groups in total. The van der Waals surface area contributed by atoms with Gasteiger partial charge in [-0.2, -0.15) is 79.0 Å². The highest BCUT2D eigenvalue weighted by atomic mass is 19.4. The molecular formula is C66H34F18N2. The number of rotatable bonds is 7. The van der Waals surface area contributed by atoms with E-state index in [0.29, 0.717) is 44.5 Å². The van der Waals surface area contributed by atoms with Gasteiger partial charge in [0, 0.05) is 21.5 Å². The van der Waals surface area contributed by atoms with E-state index in [4.69, 9.17) is 0 Å². The molecule has 0 bridgehead atoms. The number of halogens is 18. The summed E-state index contributed by atoms with van der Waals surface area (Å²) in [5, 5.41) is 1.04. The smallest absolute Gasteiger partial charge is 0.309 e. The van der Waals surface area contributed by atoms with Gasteiger partial charge in [-0.25, -0.2) is 0 Å². The lowest BCUT2D eigenvalue weighted by molar-refractivity contribution is -0.138. The summed E-state index contributed by atoms with van der Waals surface area (Å²) in [6.45, 7) is 0. The first-order valence-corrected chi connectivity index (χ1v) is 25.7. The van der Waals surface area contributed by atoms with E-state index in [1.54, 1.807) is 0 Å². The topological polar surface area (TPSA) is 9.86 Å². The monoisotopic (exact) mass is 1200 g/mol. The summed E-state index contributed by atoms with van der Waals surface area (Å²) in [5.41, 5.74) is -4.34. The van der Waals surface area contributed by atoms with Crippen molar-refractivity contribution in [2.45, 2.75) is 37.1 Å². The predicted molar refractivity (Wildman–Crippen MR) is 292 cm³/mol. The molecule has 434 valence electrons. The number of hydrogen-bond donors (Lipinski definition) is 0. The van der Waals surface area contributed by atoms with Crippen LogP contribution in [0.1, 0.15) is 33.4 Å². The van der Waals surface area contributed by atoms with Crippen LogP contribution in [0.4, 0.5) is 79.0 Å². The molecule has 0 aliphatic heterocycles. The van der Waals surface area contributed by atoms with Crippen LogP contribution in [0.2, 0.25) is 0 Å². The van der Waals surface area contributed by atoms with Gasteiger partial charge in [0.15, 0.2) is 0 Å². The zero-order valence-electron chi connectivity index (χ0n) is 43.3. The van der Waals surface area contributed by atoms with Gasteiger partial charge in [0.1, 0.15) is 0 Å². The lowest BCUT2D eigenvalue weighted by Crippen LogP contribution is -2.12. The van der Waals surface area contributed by atoms with Gasteiger partial charge in [0.2, 0.25) is 0 Å². The van der Waals surface area contributed by atoms with Crippen LogP contribution in [0.25, 0.3) is 111 Å². The van der Waals surface area contributed by atoms with Crippen LogP contribution in [0.15, 0.2) is 206 Å². The van der Waals surface area contributed by atoms with Gasteiger partial charge in [-0.1, -0.05) is 84.9 Å². The average Bonchev–Trinajstić information content (AvgIpc) is 1.63. The van der Waals surface area contributed by atoms with Crippen LogP contribution in [-0.2, 0) is 37.1 Å². The van der Waals surface area contributed by atoms with Crippen LogP contribution in [0.3, 0.4) is 0 Å². The van der Waals surface area contributed by atoms with Gasteiger partial charge in [0.25, 0.3) is 0 Å². The summed E-state index contributed by atoms with van der Waals surface area (Å²) in [6.07, 6.45) is -28.9. The molecule has 10 aromatic carbocycles. The first-order valence-electron chi connectivity index (χ1n) is 25.7. The van der Waals surface area contributed by atoms with E-state index in [9.17, 15) is 52.7 Å². The molecule has 20 heteroatoms. The van der Waals surface area contributed by atoms with E-state index in [0.717, 1.165) is 84.9 Å². The van der Waals surface area contributed by atoms with Crippen LogP contribution in [0.5, 0.6) is 0 Å². The Labute approximate surface area is 474 Å². The third-order valence-electron chi connectivity index (χ3n) is 15.1. The van der Waals surface area contributed by atoms with Gasteiger partial charge in [-0.05, 0) is 177 Å². The maximum atomic E-state index is 15.5. The normalized spacial score (nSPS) is 13.0. The molecule has 0 amide bonds. The van der Waals surface area contributed by atoms with Gasteiger partial charge >= 0.3 is 37.1 Å². The molecule has 2 nitrogen and oxygen atoms in total. The molecule has 12 aromatic rings. The summed E-state index contributed by atoms with van der Waals surface area (Å²) < 4.78 is 259. The molecule has 0 saturated carbocycles. The maximum absolute atomic E-state index is 15.5. The van der Waals surface area contributed by atoms with E-state index in [-0.39, 0.29) is 54.7 Å². The van der Waals surface area contributed by atoms with Crippen molar-refractivity contribution in [3.05, 3.63) is 240 Å². The van der Waals surface area contributed by atoms with Crippen molar-refractivity contribution in [3.8, 4) is 67.0 Å². The Morgan fingerprint density at radius 3 is 0.570 bits per heavy atom. The number of aromatic nitrogens is 2. The maximum Gasteiger partial charge on any atom is 0.418 e. The lowest BCUT2D eigenvalue weighted by Gasteiger charge is -2.20. The quantitative estimate of drug-likeness (QED) is 0.141. The number of alkyl halides is 18. The van der Waals surface area contributed by atoms with Gasteiger partial charge in [0.05, 0.1) is 66.8 Å². The fraction of sp³-hybridized carbons (Fsp3) is 0.0909. The molecule has 0 fully saturated rings. The first kappa shape index (κ1) is 57.0. The number of nitrogens with zero attached hydrogens (tertiary/aromatic N) is 2. The van der Waals surface area contributed by atoms with Gasteiger partial charge in [-0.15, -0.1) is 0 Å². The molecule has 0 atom stereocenters. The largest absolute Gasteiger partial charge is 0.418 e. The standard InChI is InChI=1S/C66H34F18N2/c67-61(68,69)45-15-1-35(2-16-45)39-11-25-55-49(29-39)50-30-40(36-3-17-46(18-4-36)62(70,71)72)12-26-56(50)85(55)59-33-43(9-23-53(59)65(79,80)81)44-10-24-54(66(82,83)84)60(34-44)86-57-27-13-41(37-5-19-47(20-6-37)63(73,74)75)31-51(57)52-32-42(14-28-58(52)86)38-7-21-48(22-8-38)64(76,77)78/h1-34H. The first-order chi connectivity index (χ1) is 40.4. The second-order valence-corrected chi connectivity index (χ2v) is 20.4. The van der Waals surface area contributed by atoms with E-state index in [2.05, 4.69) is 0 Å². The number of hydrogen-bond acceptors (Lipinski definition) is 0. The Kier molecular flexibility index (Phi) is 13.3. The highest BCUT2D eigenvalue weighted by Crippen LogP contribution is 2.47. The lowest BCUT2D eigenvalue weighted by atomic mass is 9.98. The molecule has 0 aliphatic rings. The molecule has 86 heavy (non-hydrogen) atoms.